The van der Waals surface area contributed by atoms with E-state index in [0.29, 0.717) is 28.4 Å². The lowest BCUT2D eigenvalue weighted by molar-refractivity contribution is 0.432. The molecule has 2 aromatic carbocycles. The lowest BCUT2D eigenvalue weighted by Crippen LogP contribution is -1.86. The Labute approximate surface area is 120 Å². The van der Waals surface area contributed by atoms with Crippen LogP contribution in [0.15, 0.2) is 40.9 Å². The zero-order valence-electron chi connectivity index (χ0n) is 11.6. The Morgan fingerprint density at radius 1 is 1.05 bits per heavy atom. The average molecular weight is 284 g/mol. The molecule has 1 N–H and O–H groups in total. The summed E-state index contributed by atoms with van der Waals surface area (Å²) in [5.41, 5.74) is 2.78. The molecule has 106 valence electrons. The predicted molar refractivity (Wildman–Crippen MR) is 76.3 cm³/mol. The number of aryl methyl sites for hydroxylation is 2. The quantitative estimate of drug-likeness (QED) is 0.776. The van der Waals surface area contributed by atoms with Crippen molar-refractivity contribution in [2.24, 2.45) is 0 Å². The lowest BCUT2D eigenvalue weighted by atomic mass is 10.1. The average Bonchev–Trinajstić information content (AvgIpc) is 2.90. The zero-order chi connectivity index (χ0) is 15.0. The number of aromatic hydroxyl groups is 1. The van der Waals surface area contributed by atoms with Crippen LogP contribution in [0, 0.1) is 19.7 Å². The first-order chi connectivity index (χ1) is 10.0. The van der Waals surface area contributed by atoms with E-state index < -0.39 is 0 Å². The second-order valence-electron chi connectivity index (χ2n) is 4.94. The molecular formula is C16H13FN2O2. The van der Waals surface area contributed by atoms with Crippen LogP contribution in [0.5, 0.6) is 5.75 Å². The van der Waals surface area contributed by atoms with Crippen LogP contribution >= 0.6 is 0 Å². The third-order valence-corrected chi connectivity index (χ3v) is 3.17. The summed E-state index contributed by atoms with van der Waals surface area (Å²) in [4.78, 5) is 4.28. The molecule has 0 fully saturated rings. The van der Waals surface area contributed by atoms with Gasteiger partial charge in [-0.1, -0.05) is 5.16 Å². The summed E-state index contributed by atoms with van der Waals surface area (Å²) >= 11 is 0. The van der Waals surface area contributed by atoms with E-state index in [1.165, 1.54) is 12.1 Å². The Morgan fingerprint density at radius 2 is 1.86 bits per heavy atom. The van der Waals surface area contributed by atoms with Gasteiger partial charge in [-0.3, -0.25) is 0 Å². The van der Waals surface area contributed by atoms with Crippen molar-refractivity contribution in [3.63, 3.8) is 0 Å². The second-order valence-corrected chi connectivity index (χ2v) is 4.94. The number of rotatable bonds is 2. The van der Waals surface area contributed by atoms with E-state index in [1.807, 2.05) is 0 Å². The van der Waals surface area contributed by atoms with Gasteiger partial charge in [-0.2, -0.15) is 4.98 Å². The predicted octanol–water partition coefficient (Wildman–Crippen LogP) is 3.87. The molecule has 0 saturated heterocycles. The molecule has 0 aliphatic rings. The van der Waals surface area contributed by atoms with Crippen molar-refractivity contribution >= 4 is 0 Å². The summed E-state index contributed by atoms with van der Waals surface area (Å²) in [6, 6.07) is 9.61. The number of hydrogen-bond acceptors (Lipinski definition) is 4. The molecule has 0 spiro atoms. The first-order valence-corrected chi connectivity index (χ1v) is 6.44. The standard InChI is InChI=1S/C16H13FN2O2/c1-9-5-12(8-13(17)6-9)15-18-16(21-19-15)11-3-4-14(20)10(2)7-11/h3-8,20H,1-2H3. The van der Waals surface area contributed by atoms with E-state index in [9.17, 15) is 9.50 Å². The van der Waals surface area contributed by atoms with Crippen LogP contribution < -0.4 is 0 Å². The number of benzene rings is 2. The Hall–Kier alpha value is -2.69. The number of hydrogen-bond donors (Lipinski definition) is 1. The SMILES string of the molecule is Cc1cc(F)cc(-c2noc(-c3ccc(O)c(C)c3)n2)c1. The van der Waals surface area contributed by atoms with Crippen LogP contribution in [0.25, 0.3) is 22.8 Å². The van der Waals surface area contributed by atoms with Crippen molar-refractivity contribution in [3.05, 3.63) is 53.3 Å². The zero-order valence-corrected chi connectivity index (χ0v) is 11.6. The maximum atomic E-state index is 13.4. The molecule has 0 amide bonds. The summed E-state index contributed by atoms with van der Waals surface area (Å²) in [6.45, 7) is 3.59. The molecule has 4 nitrogen and oxygen atoms in total. The van der Waals surface area contributed by atoms with Gasteiger partial charge in [0.1, 0.15) is 11.6 Å². The highest BCUT2D eigenvalue weighted by molar-refractivity contribution is 5.61. The highest BCUT2D eigenvalue weighted by atomic mass is 19.1. The van der Waals surface area contributed by atoms with E-state index in [1.54, 1.807) is 38.1 Å². The highest BCUT2D eigenvalue weighted by Crippen LogP contribution is 2.26. The third-order valence-electron chi connectivity index (χ3n) is 3.17. The second kappa shape index (κ2) is 5.01. The molecular weight excluding hydrogens is 271 g/mol. The molecule has 5 heteroatoms. The first kappa shape index (κ1) is 13.3. The number of halogens is 1. The molecule has 0 atom stereocenters. The molecule has 0 bridgehead atoms. The Kier molecular flexibility index (Phi) is 3.17. The summed E-state index contributed by atoms with van der Waals surface area (Å²) in [5, 5.41) is 13.4. The fourth-order valence-corrected chi connectivity index (χ4v) is 2.11. The van der Waals surface area contributed by atoms with Crippen molar-refractivity contribution in [3.8, 4) is 28.6 Å². The van der Waals surface area contributed by atoms with Crippen LogP contribution in [0.3, 0.4) is 0 Å². The van der Waals surface area contributed by atoms with Crippen molar-refractivity contribution < 1.29 is 14.0 Å². The fraction of sp³-hybridized carbons (Fsp3) is 0.125. The normalized spacial score (nSPS) is 10.8. The van der Waals surface area contributed by atoms with Crippen molar-refractivity contribution in [1.82, 2.24) is 10.1 Å². The van der Waals surface area contributed by atoms with Gasteiger partial charge in [0.15, 0.2) is 0 Å². The van der Waals surface area contributed by atoms with E-state index >= 15 is 0 Å². The van der Waals surface area contributed by atoms with Crippen LogP contribution in [0.2, 0.25) is 0 Å². The van der Waals surface area contributed by atoms with Crippen molar-refractivity contribution in [1.29, 1.82) is 0 Å². The maximum absolute atomic E-state index is 13.4. The van der Waals surface area contributed by atoms with Gasteiger partial charge in [-0.15, -0.1) is 0 Å². The van der Waals surface area contributed by atoms with Gasteiger partial charge in [-0.25, -0.2) is 4.39 Å². The Bertz CT molecular complexity index is 792. The summed E-state index contributed by atoms with van der Waals surface area (Å²) in [6.07, 6.45) is 0. The van der Waals surface area contributed by atoms with E-state index in [4.69, 9.17) is 4.52 Å². The van der Waals surface area contributed by atoms with Gasteiger partial charge < -0.3 is 9.63 Å². The van der Waals surface area contributed by atoms with Crippen LogP contribution in [0.1, 0.15) is 11.1 Å². The molecule has 3 aromatic rings. The van der Waals surface area contributed by atoms with Crippen LogP contribution in [-0.2, 0) is 0 Å². The monoisotopic (exact) mass is 284 g/mol. The molecule has 3 rings (SSSR count). The number of phenolic OH excluding ortho intramolecular Hbond substituents is 1. The number of phenols is 1. The van der Waals surface area contributed by atoms with Gasteiger partial charge >= 0.3 is 0 Å². The van der Waals surface area contributed by atoms with Gasteiger partial charge in [0.2, 0.25) is 5.82 Å². The molecule has 1 heterocycles. The van der Waals surface area contributed by atoms with E-state index in [-0.39, 0.29) is 11.6 Å². The summed E-state index contributed by atoms with van der Waals surface area (Å²) in [5.74, 6) is 0.532. The summed E-state index contributed by atoms with van der Waals surface area (Å²) < 4.78 is 18.6. The third kappa shape index (κ3) is 2.63. The molecule has 0 aliphatic carbocycles. The van der Waals surface area contributed by atoms with Gasteiger partial charge in [-0.05, 0) is 61.4 Å². The van der Waals surface area contributed by atoms with Crippen LogP contribution in [0.4, 0.5) is 4.39 Å². The molecule has 21 heavy (non-hydrogen) atoms. The Balaban J connectivity index is 2.01. The van der Waals surface area contributed by atoms with Gasteiger partial charge in [0.25, 0.3) is 5.89 Å². The molecule has 0 aliphatic heterocycles. The minimum Gasteiger partial charge on any atom is -0.508 e. The largest absolute Gasteiger partial charge is 0.508 e. The minimum absolute atomic E-state index is 0.208. The summed E-state index contributed by atoms with van der Waals surface area (Å²) in [7, 11) is 0. The smallest absolute Gasteiger partial charge is 0.258 e. The van der Waals surface area contributed by atoms with Crippen LogP contribution in [-0.4, -0.2) is 15.2 Å². The van der Waals surface area contributed by atoms with Gasteiger partial charge in [0, 0.05) is 11.1 Å². The van der Waals surface area contributed by atoms with Gasteiger partial charge in [0.05, 0.1) is 0 Å². The maximum Gasteiger partial charge on any atom is 0.258 e. The molecule has 0 unspecified atom stereocenters. The molecule has 0 saturated carbocycles. The highest BCUT2D eigenvalue weighted by Gasteiger charge is 2.12. The topological polar surface area (TPSA) is 59.2 Å². The van der Waals surface area contributed by atoms with E-state index in [2.05, 4.69) is 10.1 Å². The number of aromatic nitrogens is 2. The molecule has 0 radical (unpaired) electrons. The van der Waals surface area contributed by atoms with Crippen molar-refractivity contribution in [2.75, 3.05) is 0 Å². The number of nitrogens with zero attached hydrogens (tertiary/aromatic N) is 2. The fourth-order valence-electron chi connectivity index (χ4n) is 2.11. The first-order valence-electron chi connectivity index (χ1n) is 6.44. The Morgan fingerprint density at radius 3 is 2.57 bits per heavy atom. The molecule has 1 aromatic heterocycles. The minimum atomic E-state index is -0.336. The van der Waals surface area contributed by atoms with Crippen molar-refractivity contribution in [2.45, 2.75) is 13.8 Å². The van der Waals surface area contributed by atoms with E-state index in [0.717, 1.165) is 5.56 Å². The lowest BCUT2D eigenvalue weighted by Gasteiger charge is -1.99.